The van der Waals surface area contributed by atoms with Crippen LogP contribution in [0.4, 0.5) is 0 Å². The molecule has 0 saturated heterocycles. The lowest BCUT2D eigenvalue weighted by atomic mass is 10.1. The summed E-state index contributed by atoms with van der Waals surface area (Å²) in [4.78, 5) is 7.79. The first-order valence-electron chi connectivity index (χ1n) is 5.80. The smallest absolute Gasteiger partial charge is 0.139 e. The number of halogens is 2. The van der Waals surface area contributed by atoms with Gasteiger partial charge in [-0.25, -0.2) is 4.98 Å². The highest BCUT2D eigenvalue weighted by Gasteiger charge is 2.14. The minimum absolute atomic E-state index is 0.544. The number of rotatable bonds is 1. The zero-order chi connectivity index (χ0) is 13.4. The molecule has 1 aromatic carbocycles. The molecule has 0 spiro atoms. The van der Waals surface area contributed by atoms with Gasteiger partial charge in [-0.3, -0.25) is 0 Å². The van der Waals surface area contributed by atoms with Gasteiger partial charge in [0.05, 0.1) is 18.2 Å². The lowest BCUT2D eigenvalue weighted by molar-refractivity contribution is 0.108. The van der Waals surface area contributed by atoms with Crippen molar-refractivity contribution in [3.8, 4) is 11.4 Å². The van der Waals surface area contributed by atoms with E-state index in [0.717, 1.165) is 33.5 Å². The summed E-state index contributed by atoms with van der Waals surface area (Å²) < 4.78 is 6.85. The molecule has 2 aromatic rings. The van der Waals surface area contributed by atoms with Gasteiger partial charge in [-0.05, 0) is 34.1 Å². The number of nitrogens with one attached hydrogen (secondary N) is 1. The molecule has 0 fully saturated rings. The molecule has 0 aliphatic carbocycles. The Hall–Kier alpha value is -0.750. The summed E-state index contributed by atoms with van der Waals surface area (Å²) in [5.41, 5.74) is 3.07. The third kappa shape index (κ3) is 2.60. The van der Waals surface area contributed by atoms with Gasteiger partial charge in [0.1, 0.15) is 10.5 Å². The van der Waals surface area contributed by atoms with Gasteiger partial charge < -0.3 is 9.72 Å². The van der Waals surface area contributed by atoms with Crippen LogP contribution in [0.3, 0.4) is 0 Å². The van der Waals surface area contributed by atoms with Crippen LogP contribution in [-0.4, -0.2) is 16.6 Å². The van der Waals surface area contributed by atoms with E-state index < -0.39 is 0 Å². The average Bonchev–Trinajstić information content (AvgIpc) is 2.42. The summed E-state index contributed by atoms with van der Waals surface area (Å²) in [6.07, 6.45) is 0.837. The van der Waals surface area contributed by atoms with Crippen LogP contribution in [0.15, 0.2) is 22.7 Å². The quantitative estimate of drug-likeness (QED) is 0.774. The number of hydrogen-bond acceptors (Lipinski definition) is 3. The second kappa shape index (κ2) is 5.32. The summed E-state index contributed by atoms with van der Waals surface area (Å²) in [5.74, 6) is 0.767. The highest BCUT2D eigenvalue weighted by Crippen LogP contribution is 2.28. The van der Waals surface area contributed by atoms with E-state index in [2.05, 4.69) is 25.9 Å². The molecule has 1 N–H and O–H groups in total. The van der Waals surface area contributed by atoms with Gasteiger partial charge in [-0.1, -0.05) is 23.8 Å². The molecule has 1 aromatic heterocycles. The standard InChI is InChI=1S/C13H10BrClN2OS/c14-9-5-7(1-2-10(9)15)12-16-11-3-4-18-6-8(11)13(19)17-12/h1-2,5H,3-4,6H2,(H,16,17,19). The molecule has 1 aliphatic rings. The fourth-order valence-electron chi connectivity index (χ4n) is 2.04. The van der Waals surface area contributed by atoms with E-state index in [1.54, 1.807) is 0 Å². The molecule has 0 atom stereocenters. The number of aromatic amines is 1. The number of nitrogens with zero attached hydrogens (tertiary/aromatic N) is 1. The normalized spacial score (nSPS) is 14.2. The molecule has 0 radical (unpaired) electrons. The van der Waals surface area contributed by atoms with Crippen molar-refractivity contribution >= 4 is 39.7 Å². The molecule has 1 aliphatic heterocycles. The first kappa shape index (κ1) is 13.2. The van der Waals surface area contributed by atoms with Crippen LogP contribution in [-0.2, 0) is 17.8 Å². The molecule has 19 heavy (non-hydrogen) atoms. The van der Waals surface area contributed by atoms with E-state index >= 15 is 0 Å². The van der Waals surface area contributed by atoms with Gasteiger partial charge in [-0.2, -0.15) is 0 Å². The van der Waals surface area contributed by atoms with Crippen LogP contribution >= 0.6 is 39.7 Å². The molecule has 2 heterocycles. The summed E-state index contributed by atoms with van der Waals surface area (Å²) in [5, 5.41) is 0.675. The van der Waals surface area contributed by atoms with Crippen LogP contribution < -0.4 is 0 Å². The molecule has 3 nitrogen and oxygen atoms in total. The fourth-order valence-corrected chi connectivity index (χ4v) is 2.81. The number of ether oxygens (including phenoxy) is 1. The van der Waals surface area contributed by atoms with Gasteiger partial charge in [0.15, 0.2) is 0 Å². The SMILES string of the molecule is S=c1nc(-c2ccc(Cl)c(Br)c2)[nH]c2c1COCC2. The van der Waals surface area contributed by atoms with Crippen molar-refractivity contribution in [2.24, 2.45) is 0 Å². The van der Waals surface area contributed by atoms with Gasteiger partial charge in [0.25, 0.3) is 0 Å². The maximum absolute atomic E-state index is 6.00. The molecule has 0 saturated carbocycles. The fraction of sp³-hybridized carbons (Fsp3) is 0.231. The Balaban J connectivity index is 2.12. The zero-order valence-electron chi connectivity index (χ0n) is 9.87. The molecule has 98 valence electrons. The first-order valence-corrected chi connectivity index (χ1v) is 7.38. The third-order valence-electron chi connectivity index (χ3n) is 3.04. The third-order valence-corrected chi connectivity index (χ3v) is 4.59. The molecule has 3 rings (SSSR count). The van der Waals surface area contributed by atoms with Crippen LogP contribution in [0, 0.1) is 4.64 Å². The van der Waals surface area contributed by atoms with Gasteiger partial charge in [0, 0.05) is 27.7 Å². The topological polar surface area (TPSA) is 37.9 Å². The predicted molar refractivity (Wildman–Crippen MR) is 80.9 cm³/mol. The minimum atomic E-state index is 0.544. The number of hydrogen-bond donors (Lipinski definition) is 1. The van der Waals surface area contributed by atoms with Crippen molar-refractivity contribution in [1.82, 2.24) is 9.97 Å². The number of benzene rings is 1. The van der Waals surface area contributed by atoms with Crippen LogP contribution in [0.2, 0.25) is 5.02 Å². The molecule has 0 bridgehead atoms. The summed E-state index contributed by atoms with van der Waals surface area (Å²) in [6.45, 7) is 1.26. The predicted octanol–water partition coefficient (Wildman–Crippen LogP) is 4.29. The number of aromatic nitrogens is 2. The van der Waals surface area contributed by atoms with E-state index in [1.165, 1.54) is 0 Å². The molecule has 0 amide bonds. The molecule has 0 unspecified atom stereocenters. The van der Waals surface area contributed by atoms with E-state index in [4.69, 9.17) is 28.6 Å². The van der Waals surface area contributed by atoms with Gasteiger partial charge in [-0.15, -0.1) is 0 Å². The van der Waals surface area contributed by atoms with Crippen molar-refractivity contribution in [2.75, 3.05) is 6.61 Å². The number of H-pyrrole nitrogens is 1. The zero-order valence-corrected chi connectivity index (χ0v) is 13.0. The van der Waals surface area contributed by atoms with E-state index in [9.17, 15) is 0 Å². The Morgan fingerprint density at radius 3 is 3.05 bits per heavy atom. The van der Waals surface area contributed by atoms with Crippen molar-refractivity contribution in [3.63, 3.8) is 0 Å². The Morgan fingerprint density at radius 1 is 1.42 bits per heavy atom. The lowest BCUT2D eigenvalue weighted by Gasteiger charge is -2.17. The summed E-state index contributed by atoms with van der Waals surface area (Å²) in [7, 11) is 0. The molecular weight excluding hydrogens is 348 g/mol. The first-order chi connectivity index (χ1) is 9.15. The van der Waals surface area contributed by atoms with Crippen molar-refractivity contribution in [2.45, 2.75) is 13.0 Å². The minimum Gasteiger partial charge on any atom is -0.376 e. The Morgan fingerprint density at radius 2 is 2.26 bits per heavy atom. The molecule has 6 heteroatoms. The van der Waals surface area contributed by atoms with Crippen LogP contribution in [0.25, 0.3) is 11.4 Å². The maximum Gasteiger partial charge on any atom is 0.139 e. The van der Waals surface area contributed by atoms with E-state index in [0.29, 0.717) is 22.9 Å². The average molecular weight is 358 g/mol. The van der Waals surface area contributed by atoms with Crippen molar-refractivity contribution in [1.29, 1.82) is 0 Å². The Bertz CT molecular complexity index is 702. The highest BCUT2D eigenvalue weighted by molar-refractivity contribution is 9.10. The maximum atomic E-state index is 6.00. The van der Waals surface area contributed by atoms with Crippen LogP contribution in [0.1, 0.15) is 11.3 Å². The highest BCUT2D eigenvalue weighted by atomic mass is 79.9. The molecular formula is C13H10BrClN2OS. The Labute approximate surface area is 129 Å². The monoisotopic (exact) mass is 356 g/mol. The van der Waals surface area contributed by atoms with Crippen LogP contribution in [0.5, 0.6) is 0 Å². The summed E-state index contributed by atoms with van der Waals surface area (Å²) in [6, 6.07) is 5.69. The second-order valence-electron chi connectivity index (χ2n) is 4.28. The van der Waals surface area contributed by atoms with Crippen molar-refractivity contribution < 1.29 is 4.74 Å². The van der Waals surface area contributed by atoms with Gasteiger partial charge in [0.2, 0.25) is 0 Å². The van der Waals surface area contributed by atoms with E-state index in [1.807, 2.05) is 18.2 Å². The Kier molecular flexibility index (Phi) is 3.71. The van der Waals surface area contributed by atoms with E-state index in [-0.39, 0.29) is 0 Å². The lowest BCUT2D eigenvalue weighted by Crippen LogP contribution is -2.14. The van der Waals surface area contributed by atoms with Crippen molar-refractivity contribution in [3.05, 3.63) is 43.6 Å². The van der Waals surface area contributed by atoms with Gasteiger partial charge >= 0.3 is 0 Å². The largest absolute Gasteiger partial charge is 0.376 e. The second-order valence-corrected chi connectivity index (χ2v) is 5.93. The summed E-state index contributed by atoms with van der Waals surface area (Å²) >= 11 is 14.8. The number of fused-ring (bicyclic) bond motifs is 1.